The predicted octanol–water partition coefficient (Wildman–Crippen LogP) is 2.98. The molecule has 2 nitrogen and oxygen atoms in total. The molecule has 0 aliphatic rings. The fourth-order valence-electron chi connectivity index (χ4n) is 1.92. The average Bonchev–Trinajstić information content (AvgIpc) is 2.25. The molecule has 1 rings (SSSR count). The Morgan fingerprint density at radius 2 is 1.78 bits per heavy atom. The van der Waals surface area contributed by atoms with E-state index >= 15 is 0 Å². The largest absolute Gasteiger partial charge is 0.396 e. The zero-order chi connectivity index (χ0) is 13.9. The summed E-state index contributed by atoms with van der Waals surface area (Å²) in [5.74, 6) is -4.99. The van der Waals surface area contributed by atoms with Crippen molar-refractivity contribution in [2.75, 3.05) is 0 Å². The molecule has 6 heteroatoms. The highest BCUT2D eigenvalue weighted by molar-refractivity contribution is 5.77. The summed E-state index contributed by atoms with van der Waals surface area (Å²) in [4.78, 5) is 11.1. The molecule has 1 aromatic rings. The van der Waals surface area contributed by atoms with E-state index in [0.717, 1.165) is 24.3 Å². The minimum Gasteiger partial charge on any atom is -0.369 e. The normalized spacial score (nSPS) is 15.2. The van der Waals surface area contributed by atoms with E-state index < -0.39 is 29.7 Å². The Morgan fingerprint density at radius 1 is 1.28 bits per heavy atom. The molecule has 2 unspecified atom stereocenters. The molecule has 100 valence electrons. The molecule has 0 spiro atoms. The van der Waals surface area contributed by atoms with Gasteiger partial charge in [0.05, 0.1) is 11.8 Å². The third-order valence-corrected chi connectivity index (χ3v) is 2.79. The van der Waals surface area contributed by atoms with Crippen LogP contribution in [0.4, 0.5) is 17.6 Å². The SMILES string of the molecule is CCC(C(N)=O)C(c1ccc(F)cc1)C(F)(F)F. The van der Waals surface area contributed by atoms with Crippen molar-refractivity contribution < 1.29 is 22.4 Å². The number of benzene rings is 1. The molecular formula is C12H13F4NO. The number of amides is 1. The van der Waals surface area contributed by atoms with E-state index in [1.807, 2.05) is 0 Å². The zero-order valence-electron chi connectivity index (χ0n) is 9.67. The fourth-order valence-corrected chi connectivity index (χ4v) is 1.92. The molecular weight excluding hydrogens is 250 g/mol. The first-order valence-corrected chi connectivity index (χ1v) is 5.38. The molecule has 1 aromatic carbocycles. The Labute approximate surface area is 102 Å². The average molecular weight is 263 g/mol. The summed E-state index contributed by atoms with van der Waals surface area (Å²) in [6.45, 7) is 1.46. The second-order valence-electron chi connectivity index (χ2n) is 3.99. The zero-order valence-corrected chi connectivity index (χ0v) is 9.67. The summed E-state index contributed by atoms with van der Waals surface area (Å²) >= 11 is 0. The Morgan fingerprint density at radius 3 is 2.11 bits per heavy atom. The van der Waals surface area contributed by atoms with Gasteiger partial charge in [-0.1, -0.05) is 19.1 Å². The monoisotopic (exact) mass is 263 g/mol. The lowest BCUT2D eigenvalue weighted by Crippen LogP contribution is -2.36. The molecule has 0 aliphatic carbocycles. The van der Waals surface area contributed by atoms with E-state index in [9.17, 15) is 22.4 Å². The highest BCUT2D eigenvalue weighted by Gasteiger charge is 2.47. The van der Waals surface area contributed by atoms with Gasteiger partial charge in [0.2, 0.25) is 5.91 Å². The van der Waals surface area contributed by atoms with Crippen LogP contribution in [0.5, 0.6) is 0 Å². The van der Waals surface area contributed by atoms with E-state index in [4.69, 9.17) is 5.73 Å². The highest BCUT2D eigenvalue weighted by atomic mass is 19.4. The van der Waals surface area contributed by atoms with Crippen molar-refractivity contribution in [1.29, 1.82) is 0 Å². The van der Waals surface area contributed by atoms with Gasteiger partial charge in [-0.25, -0.2) is 4.39 Å². The van der Waals surface area contributed by atoms with Crippen LogP contribution in [0, 0.1) is 11.7 Å². The summed E-state index contributed by atoms with van der Waals surface area (Å²) in [6.07, 6.45) is -4.63. The molecule has 1 amide bonds. The minimum absolute atomic E-state index is 0.0309. The summed E-state index contributed by atoms with van der Waals surface area (Å²) in [5.41, 5.74) is 4.84. The number of hydrogen-bond acceptors (Lipinski definition) is 1. The molecule has 0 aliphatic heterocycles. The molecule has 0 radical (unpaired) electrons. The lowest BCUT2D eigenvalue weighted by Gasteiger charge is -2.26. The number of nitrogens with two attached hydrogens (primary N) is 1. The maximum absolute atomic E-state index is 13.0. The van der Waals surface area contributed by atoms with Crippen molar-refractivity contribution in [2.24, 2.45) is 11.7 Å². The molecule has 0 saturated carbocycles. The minimum atomic E-state index is -4.60. The van der Waals surface area contributed by atoms with Crippen molar-refractivity contribution in [2.45, 2.75) is 25.4 Å². The number of carbonyl (C=O) groups excluding carboxylic acids is 1. The van der Waals surface area contributed by atoms with E-state index in [1.54, 1.807) is 0 Å². The Balaban J connectivity index is 3.21. The van der Waals surface area contributed by atoms with Crippen LogP contribution in [0.1, 0.15) is 24.8 Å². The third kappa shape index (κ3) is 3.21. The van der Waals surface area contributed by atoms with Gasteiger partial charge in [0.15, 0.2) is 0 Å². The van der Waals surface area contributed by atoms with E-state index in [1.165, 1.54) is 6.92 Å². The highest BCUT2D eigenvalue weighted by Crippen LogP contribution is 2.41. The van der Waals surface area contributed by atoms with Crippen molar-refractivity contribution in [1.82, 2.24) is 0 Å². The maximum Gasteiger partial charge on any atom is 0.396 e. The number of carbonyl (C=O) groups is 1. The van der Waals surface area contributed by atoms with Crippen LogP contribution in [0.2, 0.25) is 0 Å². The van der Waals surface area contributed by atoms with Crippen molar-refractivity contribution in [3.8, 4) is 0 Å². The van der Waals surface area contributed by atoms with Crippen molar-refractivity contribution in [3.05, 3.63) is 35.6 Å². The Bertz CT molecular complexity index is 413. The molecule has 0 aromatic heterocycles. The van der Waals surface area contributed by atoms with Gasteiger partial charge in [-0.15, -0.1) is 0 Å². The summed E-state index contributed by atoms with van der Waals surface area (Å²) < 4.78 is 51.7. The van der Waals surface area contributed by atoms with Crippen LogP contribution in [0.25, 0.3) is 0 Å². The van der Waals surface area contributed by atoms with Crippen LogP contribution >= 0.6 is 0 Å². The second kappa shape index (κ2) is 5.37. The van der Waals surface area contributed by atoms with Gasteiger partial charge in [-0.3, -0.25) is 4.79 Å². The van der Waals surface area contributed by atoms with E-state index in [-0.39, 0.29) is 12.0 Å². The van der Waals surface area contributed by atoms with Crippen molar-refractivity contribution in [3.63, 3.8) is 0 Å². The van der Waals surface area contributed by atoms with Gasteiger partial charge in [-0.05, 0) is 24.1 Å². The summed E-state index contributed by atoms with van der Waals surface area (Å²) in [6, 6.07) is 3.92. The van der Waals surface area contributed by atoms with Gasteiger partial charge in [0.1, 0.15) is 5.82 Å². The van der Waals surface area contributed by atoms with Crippen LogP contribution in [-0.2, 0) is 4.79 Å². The third-order valence-electron chi connectivity index (χ3n) is 2.79. The number of primary amides is 1. The Hall–Kier alpha value is -1.59. The maximum atomic E-state index is 13.0. The van der Waals surface area contributed by atoms with Crippen LogP contribution in [0.3, 0.4) is 0 Å². The molecule has 2 N–H and O–H groups in total. The lowest BCUT2D eigenvalue weighted by atomic mass is 9.83. The summed E-state index contributed by atoms with van der Waals surface area (Å²) in [7, 11) is 0. The molecule has 18 heavy (non-hydrogen) atoms. The first-order valence-electron chi connectivity index (χ1n) is 5.38. The van der Waals surface area contributed by atoms with Crippen LogP contribution in [-0.4, -0.2) is 12.1 Å². The lowest BCUT2D eigenvalue weighted by molar-refractivity contribution is -0.167. The quantitative estimate of drug-likeness (QED) is 0.834. The predicted molar refractivity (Wildman–Crippen MR) is 58.2 cm³/mol. The molecule has 2 atom stereocenters. The molecule has 0 saturated heterocycles. The molecule has 0 fully saturated rings. The standard InChI is InChI=1S/C12H13F4NO/c1-2-9(11(17)18)10(12(14,15)16)7-3-5-8(13)6-4-7/h3-6,9-10H,2H2,1H3,(H2,17,18). The second-order valence-corrected chi connectivity index (χ2v) is 3.99. The van der Waals surface area contributed by atoms with Gasteiger partial charge in [0.25, 0.3) is 0 Å². The molecule has 0 heterocycles. The van der Waals surface area contributed by atoms with Crippen LogP contribution < -0.4 is 5.73 Å². The van der Waals surface area contributed by atoms with Gasteiger partial charge < -0.3 is 5.73 Å². The first-order chi connectivity index (χ1) is 8.27. The Kier molecular flexibility index (Phi) is 4.32. The smallest absolute Gasteiger partial charge is 0.369 e. The number of hydrogen-bond donors (Lipinski definition) is 1. The van der Waals surface area contributed by atoms with Crippen molar-refractivity contribution >= 4 is 5.91 Å². The topological polar surface area (TPSA) is 43.1 Å². The van der Waals surface area contributed by atoms with Crippen LogP contribution in [0.15, 0.2) is 24.3 Å². The fraction of sp³-hybridized carbons (Fsp3) is 0.417. The number of rotatable bonds is 4. The van der Waals surface area contributed by atoms with Gasteiger partial charge in [-0.2, -0.15) is 13.2 Å². The summed E-state index contributed by atoms with van der Waals surface area (Å²) in [5, 5.41) is 0. The first kappa shape index (κ1) is 14.5. The number of halogens is 4. The molecule has 0 bridgehead atoms. The van der Waals surface area contributed by atoms with E-state index in [0.29, 0.717) is 0 Å². The van der Waals surface area contributed by atoms with Gasteiger partial charge in [0, 0.05) is 0 Å². The van der Waals surface area contributed by atoms with Gasteiger partial charge >= 0.3 is 6.18 Å². The van der Waals surface area contributed by atoms with E-state index in [2.05, 4.69) is 0 Å². The number of alkyl halides is 3.